The zero-order valence-electron chi connectivity index (χ0n) is 13.0. The smallest absolute Gasteiger partial charge is 0.243 e. The van der Waals surface area contributed by atoms with E-state index in [0.717, 1.165) is 22.7 Å². The molecule has 2 amide bonds. The van der Waals surface area contributed by atoms with Gasteiger partial charge in [0.1, 0.15) is 12.4 Å². The van der Waals surface area contributed by atoms with Crippen molar-refractivity contribution < 1.29 is 22.4 Å². The van der Waals surface area contributed by atoms with Crippen LogP contribution in [-0.2, 0) is 19.6 Å². The quantitative estimate of drug-likeness (QED) is 0.702. The molecule has 0 unspecified atom stereocenters. The van der Waals surface area contributed by atoms with E-state index < -0.39 is 28.3 Å². The van der Waals surface area contributed by atoms with Crippen LogP contribution in [-0.4, -0.2) is 69.5 Å². The van der Waals surface area contributed by atoms with E-state index in [1.54, 1.807) is 0 Å². The first-order chi connectivity index (χ1) is 11.2. The van der Waals surface area contributed by atoms with Crippen LogP contribution in [0.25, 0.3) is 0 Å². The maximum atomic E-state index is 13.3. The zero-order chi connectivity index (χ0) is 17.9. The predicted octanol–water partition coefficient (Wildman–Crippen LogP) is 0.546. The highest BCUT2D eigenvalue weighted by Gasteiger charge is 2.26. The number of carbonyl (C=O) groups excluding carboxylic acids is 2. The molecule has 0 N–H and O–H groups in total. The van der Waals surface area contributed by atoms with Gasteiger partial charge in [0.05, 0.1) is 17.0 Å². The minimum Gasteiger partial charge on any atom is -0.342 e. The minimum absolute atomic E-state index is 0.115. The zero-order valence-corrected chi connectivity index (χ0v) is 14.6. The Morgan fingerprint density at radius 3 is 2.46 bits per heavy atom. The Morgan fingerprint density at radius 2 is 1.96 bits per heavy atom. The van der Waals surface area contributed by atoms with Crippen LogP contribution in [0, 0.1) is 5.82 Å². The van der Waals surface area contributed by atoms with E-state index in [-0.39, 0.29) is 10.7 Å². The van der Waals surface area contributed by atoms with Gasteiger partial charge < -0.3 is 9.80 Å². The number of sulfonamides is 1. The summed E-state index contributed by atoms with van der Waals surface area (Å²) in [7, 11) is -3.76. The molecule has 0 atom stereocenters. The molecule has 0 saturated carbocycles. The normalized spacial score (nSPS) is 15.3. The minimum atomic E-state index is -3.76. The molecular weight excluding hydrogens is 361 g/mol. The van der Waals surface area contributed by atoms with Crippen LogP contribution in [0.15, 0.2) is 18.2 Å². The van der Waals surface area contributed by atoms with Crippen molar-refractivity contribution in [3.8, 4) is 0 Å². The van der Waals surface area contributed by atoms with Gasteiger partial charge >= 0.3 is 0 Å². The lowest BCUT2D eigenvalue weighted by molar-refractivity contribution is -0.133. The number of rotatable bonds is 5. The fraction of sp³-hybridized carbons (Fsp3) is 0.429. The molecule has 24 heavy (non-hydrogen) atoms. The summed E-state index contributed by atoms with van der Waals surface area (Å²) in [6.45, 7) is 1.05. The molecule has 1 heterocycles. The van der Waals surface area contributed by atoms with Crippen molar-refractivity contribution >= 4 is 39.6 Å². The lowest BCUT2D eigenvalue weighted by Crippen LogP contribution is -2.51. The Bertz CT molecular complexity index is 736. The van der Waals surface area contributed by atoms with Crippen LogP contribution in [0.5, 0.6) is 0 Å². The average molecular weight is 378 g/mol. The largest absolute Gasteiger partial charge is 0.342 e. The number of amides is 2. The summed E-state index contributed by atoms with van der Waals surface area (Å²) in [6, 6.07) is 3.46. The first kappa shape index (κ1) is 18.5. The lowest BCUT2D eigenvalue weighted by atomic mass is 10.3. The Morgan fingerprint density at radius 1 is 1.33 bits per heavy atom. The lowest BCUT2D eigenvalue weighted by Gasteiger charge is -2.34. The first-order valence-corrected chi connectivity index (χ1v) is 9.35. The summed E-state index contributed by atoms with van der Waals surface area (Å²) in [5, 5.41) is -0.229. The number of hydrogen-bond acceptors (Lipinski definition) is 4. The number of benzene rings is 1. The molecule has 0 radical (unpaired) electrons. The van der Waals surface area contributed by atoms with Gasteiger partial charge in [-0.3, -0.25) is 13.9 Å². The predicted molar refractivity (Wildman–Crippen MR) is 87.8 cm³/mol. The second kappa shape index (κ2) is 7.35. The number of nitrogens with zero attached hydrogens (tertiary/aromatic N) is 3. The molecule has 1 aromatic rings. The number of piperazine rings is 1. The van der Waals surface area contributed by atoms with Crippen LogP contribution < -0.4 is 4.31 Å². The third-order valence-corrected chi connectivity index (χ3v) is 5.12. The molecule has 0 aromatic heterocycles. The Hall–Kier alpha value is -1.87. The summed E-state index contributed by atoms with van der Waals surface area (Å²) in [6.07, 6.45) is 1.67. The van der Waals surface area contributed by atoms with Gasteiger partial charge in [0, 0.05) is 26.2 Å². The number of hydrogen-bond donors (Lipinski definition) is 0. The van der Waals surface area contributed by atoms with E-state index in [1.807, 2.05) is 0 Å². The van der Waals surface area contributed by atoms with Gasteiger partial charge in [-0.1, -0.05) is 11.6 Å². The highest BCUT2D eigenvalue weighted by Crippen LogP contribution is 2.24. The van der Waals surface area contributed by atoms with Crippen molar-refractivity contribution in [3.05, 3.63) is 29.0 Å². The van der Waals surface area contributed by atoms with Gasteiger partial charge in [-0.2, -0.15) is 0 Å². The van der Waals surface area contributed by atoms with E-state index in [0.29, 0.717) is 32.6 Å². The van der Waals surface area contributed by atoms with Gasteiger partial charge in [-0.05, 0) is 18.2 Å². The van der Waals surface area contributed by atoms with E-state index in [9.17, 15) is 22.4 Å². The highest BCUT2D eigenvalue weighted by molar-refractivity contribution is 7.92. The third-order valence-electron chi connectivity index (χ3n) is 3.69. The van der Waals surface area contributed by atoms with E-state index in [4.69, 9.17) is 11.6 Å². The summed E-state index contributed by atoms with van der Waals surface area (Å²) in [5.41, 5.74) is 0.115. The van der Waals surface area contributed by atoms with Gasteiger partial charge in [0.15, 0.2) is 0 Å². The average Bonchev–Trinajstić information content (AvgIpc) is 2.54. The van der Waals surface area contributed by atoms with Crippen molar-refractivity contribution in [2.45, 2.75) is 0 Å². The molecule has 1 aromatic carbocycles. The molecule has 7 nitrogen and oxygen atoms in total. The summed E-state index contributed by atoms with van der Waals surface area (Å²) in [5.74, 6) is -1.07. The molecule has 1 saturated heterocycles. The fourth-order valence-corrected chi connectivity index (χ4v) is 3.36. The molecule has 10 heteroatoms. The van der Waals surface area contributed by atoms with Crippen molar-refractivity contribution in [2.75, 3.05) is 43.3 Å². The van der Waals surface area contributed by atoms with Crippen LogP contribution in [0.1, 0.15) is 0 Å². The van der Waals surface area contributed by atoms with Gasteiger partial charge in [-0.25, -0.2) is 12.8 Å². The van der Waals surface area contributed by atoms with Crippen molar-refractivity contribution in [1.82, 2.24) is 9.80 Å². The SMILES string of the molecule is CS(=O)(=O)N(CC(=O)N1CCN(C=O)CC1)c1ccc(F)c(Cl)c1. The first-order valence-electron chi connectivity index (χ1n) is 7.12. The molecular formula is C14H17ClFN3O4S. The van der Waals surface area contributed by atoms with Gasteiger partial charge in [0.2, 0.25) is 22.3 Å². The third kappa shape index (κ3) is 4.35. The van der Waals surface area contributed by atoms with E-state index in [2.05, 4.69) is 0 Å². The molecule has 1 aliphatic rings. The Kier molecular flexibility index (Phi) is 5.66. The standard InChI is InChI=1S/C14H17ClFN3O4S/c1-24(22,23)19(11-2-3-13(16)12(15)8-11)9-14(21)18-6-4-17(10-20)5-7-18/h2-3,8,10H,4-7,9H2,1H3. The van der Waals surface area contributed by atoms with Crippen molar-refractivity contribution in [1.29, 1.82) is 0 Å². The molecule has 0 bridgehead atoms. The number of anilines is 1. The monoisotopic (exact) mass is 377 g/mol. The van der Waals surface area contributed by atoms with Crippen LogP contribution in [0.3, 0.4) is 0 Å². The van der Waals surface area contributed by atoms with Crippen LogP contribution >= 0.6 is 11.6 Å². The summed E-state index contributed by atoms with van der Waals surface area (Å²) >= 11 is 5.69. The molecule has 0 aliphatic carbocycles. The molecule has 1 aliphatic heterocycles. The topological polar surface area (TPSA) is 78.0 Å². The summed E-state index contributed by atoms with van der Waals surface area (Å²) < 4.78 is 38.2. The Balaban J connectivity index is 2.16. The Labute approximate surface area is 144 Å². The molecule has 1 fully saturated rings. The summed E-state index contributed by atoms with van der Waals surface area (Å²) in [4.78, 5) is 26.1. The maximum Gasteiger partial charge on any atom is 0.243 e. The van der Waals surface area contributed by atoms with Gasteiger partial charge in [-0.15, -0.1) is 0 Å². The highest BCUT2D eigenvalue weighted by atomic mass is 35.5. The van der Waals surface area contributed by atoms with E-state index in [1.165, 1.54) is 15.9 Å². The van der Waals surface area contributed by atoms with Crippen molar-refractivity contribution in [2.24, 2.45) is 0 Å². The number of halogens is 2. The van der Waals surface area contributed by atoms with Crippen LogP contribution in [0.2, 0.25) is 5.02 Å². The van der Waals surface area contributed by atoms with Crippen molar-refractivity contribution in [3.63, 3.8) is 0 Å². The van der Waals surface area contributed by atoms with Crippen LogP contribution in [0.4, 0.5) is 10.1 Å². The molecule has 132 valence electrons. The van der Waals surface area contributed by atoms with Gasteiger partial charge in [0.25, 0.3) is 0 Å². The number of carbonyl (C=O) groups is 2. The fourth-order valence-electron chi connectivity index (χ4n) is 2.34. The maximum absolute atomic E-state index is 13.3. The molecule has 0 spiro atoms. The van der Waals surface area contributed by atoms with E-state index >= 15 is 0 Å². The molecule has 2 rings (SSSR count). The second-order valence-corrected chi connectivity index (χ2v) is 7.70. The second-order valence-electron chi connectivity index (χ2n) is 5.39.